The number of rotatable bonds is 3. The van der Waals surface area contributed by atoms with Crippen LogP contribution in [0.1, 0.15) is 29.9 Å². The first kappa shape index (κ1) is 13.2. The average molecular weight is 288 g/mol. The van der Waals surface area contributed by atoms with Gasteiger partial charge in [0.25, 0.3) is 5.91 Å². The summed E-state index contributed by atoms with van der Waals surface area (Å²) in [7, 11) is 3.63. The monoisotopic (exact) mass is 287 g/mol. The summed E-state index contributed by atoms with van der Waals surface area (Å²) in [6, 6.07) is 0. The predicted octanol–water partition coefficient (Wildman–Crippen LogP) is 1.97. The molecule has 0 saturated carbocycles. The van der Waals surface area contributed by atoms with Crippen molar-refractivity contribution in [3.8, 4) is 0 Å². The largest absolute Gasteiger partial charge is 0.336 e. The molecule has 5 heteroatoms. The molecule has 0 aliphatic carbocycles. The Morgan fingerprint density at radius 3 is 2.56 bits per heavy atom. The Morgan fingerprint density at radius 2 is 2.19 bits per heavy atom. The standard InChI is InChI=1S/C11H18BrN3O/c1-8-9(6-14(4)13-8)10(16)15(5)11(2,3)7-12/h6H,7H2,1-5H3. The lowest BCUT2D eigenvalue weighted by atomic mass is 10.1. The molecule has 16 heavy (non-hydrogen) atoms. The molecule has 1 heterocycles. The lowest BCUT2D eigenvalue weighted by Gasteiger charge is -2.34. The Hall–Kier alpha value is -0.840. The number of nitrogens with zero attached hydrogens (tertiary/aromatic N) is 3. The molecule has 0 radical (unpaired) electrons. The van der Waals surface area contributed by atoms with Crippen molar-refractivity contribution in [2.24, 2.45) is 7.05 Å². The van der Waals surface area contributed by atoms with Crippen molar-refractivity contribution in [1.82, 2.24) is 14.7 Å². The van der Waals surface area contributed by atoms with Gasteiger partial charge in [-0.25, -0.2) is 0 Å². The van der Waals surface area contributed by atoms with E-state index < -0.39 is 0 Å². The SMILES string of the molecule is Cc1nn(C)cc1C(=O)N(C)C(C)(C)CBr. The molecule has 1 aromatic heterocycles. The molecule has 4 nitrogen and oxygen atoms in total. The molecule has 0 aliphatic rings. The van der Waals surface area contributed by atoms with Crippen LogP contribution in [0.5, 0.6) is 0 Å². The second-order valence-corrected chi connectivity index (χ2v) is 5.17. The predicted molar refractivity (Wildman–Crippen MR) is 67.9 cm³/mol. The van der Waals surface area contributed by atoms with Gasteiger partial charge in [-0.15, -0.1) is 0 Å². The molecule has 0 bridgehead atoms. The number of hydrogen-bond acceptors (Lipinski definition) is 2. The average Bonchev–Trinajstić information content (AvgIpc) is 2.55. The zero-order valence-electron chi connectivity index (χ0n) is 10.4. The van der Waals surface area contributed by atoms with E-state index in [0.717, 1.165) is 11.0 Å². The number of hydrogen-bond donors (Lipinski definition) is 0. The molecule has 0 aromatic carbocycles. The fourth-order valence-electron chi connectivity index (χ4n) is 1.35. The van der Waals surface area contributed by atoms with Crippen molar-refractivity contribution >= 4 is 21.8 Å². The summed E-state index contributed by atoms with van der Waals surface area (Å²) < 4.78 is 1.66. The van der Waals surface area contributed by atoms with Gasteiger partial charge in [0.15, 0.2) is 0 Å². The van der Waals surface area contributed by atoms with Crippen LogP contribution in [0, 0.1) is 6.92 Å². The third-order valence-corrected chi connectivity index (χ3v) is 4.16. The van der Waals surface area contributed by atoms with Gasteiger partial charge in [0.2, 0.25) is 0 Å². The summed E-state index contributed by atoms with van der Waals surface area (Å²) in [5.41, 5.74) is 1.23. The summed E-state index contributed by atoms with van der Waals surface area (Å²) in [5, 5.41) is 4.92. The van der Waals surface area contributed by atoms with Crippen LogP contribution >= 0.6 is 15.9 Å². The van der Waals surface area contributed by atoms with Gasteiger partial charge in [-0.2, -0.15) is 5.10 Å². The maximum atomic E-state index is 12.2. The quantitative estimate of drug-likeness (QED) is 0.798. The molecule has 0 fully saturated rings. The van der Waals surface area contributed by atoms with E-state index in [4.69, 9.17) is 0 Å². The minimum absolute atomic E-state index is 0.00931. The second kappa shape index (κ2) is 4.57. The molecule has 1 rings (SSSR count). The highest BCUT2D eigenvalue weighted by Gasteiger charge is 2.28. The summed E-state index contributed by atoms with van der Waals surface area (Å²) in [4.78, 5) is 14.0. The summed E-state index contributed by atoms with van der Waals surface area (Å²) >= 11 is 3.42. The van der Waals surface area contributed by atoms with Crippen molar-refractivity contribution in [3.63, 3.8) is 0 Å². The van der Waals surface area contributed by atoms with E-state index >= 15 is 0 Å². The first-order valence-electron chi connectivity index (χ1n) is 5.14. The Balaban J connectivity index is 2.99. The van der Waals surface area contributed by atoms with Crippen molar-refractivity contribution in [2.45, 2.75) is 26.3 Å². The molecule has 0 spiro atoms. The summed E-state index contributed by atoms with van der Waals surface area (Å²) in [6.07, 6.45) is 1.76. The molecule has 0 aliphatic heterocycles. The first-order valence-corrected chi connectivity index (χ1v) is 6.26. The van der Waals surface area contributed by atoms with E-state index in [1.54, 1.807) is 15.8 Å². The molecule has 0 atom stereocenters. The first-order chi connectivity index (χ1) is 7.29. The summed E-state index contributed by atoms with van der Waals surface area (Å²) in [6.45, 7) is 5.89. The molecule has 1 aromatic rings. The van der Waals surface area contributed by atoms with Crippen LogP contribution in [0.15, 0.2) is 6.20 Å². The highest BCUT2D eigenvalue weighted by Crippen LogP contribution is 2.19. The van der Waals surface area contributed by atoms with Gasteiger partial charge in [-0.1, -0.05) is 15.9 Å². The topological polar surface area (TPSA) is 38.1 Å². The van der Waals surface area contributed by atoms with Gasteiger partial charge < -0.3 is 4.90 Å². The Labute approximate surface area is 105 Å². The number of carbonyl (C=O) groups excluding carboxylic acids is 1. The van der Waals surface area contributed by atoms with Crippen LogP contribution in [0.25, 0.3) is 0 Å². The van der Waals surface area contributed by atoms with Crippen molar-refractivity contribution < 1.29 is 4.79 Å². The van der Waals surface area contributed by atoms with Gasteiger partial charge in [0.1, 0.15) is 0 Å². The van der Waals surface area contributed by atoms with E-state index in [2.05, 4.69) is 21.0 Å². The van der Waals surface area contributed by atoms with E-state index in [1.165, 1.54) is 0 Å². The van der Waals surface area contributed by atoms with Gasteiger partial charge in [-0.05, 0) is 20.8 Å². The Morgan fingerprint density at radius 1 is 1.62 bits per heavy atom. The number of alkyl halides is 1. The second-order valence-electron chi connectivity index (χ2n) is 4.61. The van der Waals surface area contributed by atoms with Gasteiger partial charge >= 0.3 is 0 Å². The van der Waals surface area contributed by atoms with Gasteiger partial charge in [-0.3, -0.25) is 9.48 Å². The van der Waals surface area contributed by atoms with Gasteiger partial charge in [0, 0.05) is 31.2 Å². The third kappa shape index (κ3) is 2.45. The van der Waals surface area contributed by atoms with Crippen LogP contribution in [0.2, 0.25) is 0 Å². The number of amides is 1. The molecule has 1 amide bonds. The van der Waals surface area contributed by atoms with Crippen molar-refractivity contribution in [1.29, 1.82) is 0 Å². The fraction of sp³-hybridized carbons (Fsp3) is 0.636. The lowest BCUT2D eigenvalue weighted by Crippen LogP contribution is -2.46. The lowest BCUT2D eigenvalue weighted by molar-refractivity contribution is 0.0663. The molecule has 0 N–H and O–H groups in total. The van der Waals surface area contributed by atoms with Crippen molar-refractivity contribution in [2.75, 3.05) is 12.4 Å². The van der Waals surface area contributed by atoms with Crippen molar-refractivity contribution in [3.05, 3.63) is 17.5 Å². The Bertz CT molecular complexity index is 398. The van der Waals surface area contributed by atoms with E-state index in [1.807, 2.05) is 34.9 Å². The molecule has 90 valence electrons. The highest BCUT2D eigenvalue weighted by molar-refractivity contribution is 9.09. The number of halogens is 1. The number of aryl methyl sites for hydroxylation is 2. The number of aromatic nitrogens is 2. The van der Waals surface area contributed by atoms with Crippen LogP contribution in [0.4, 0.5) is 0 Å². The van der Waals surface area contributed by atoms with E-state index in [-0.39, 0.29) is 11.4 Å². The Kier molecular flexibility index (Phi) is 3.78. The van der Waals surface area contributed by atoms with Crippen LogP contribution in [-0.4, -0.2) is 38.5 Å². The highest BCUT2D eigenvalue weighted by atomic mass is 79.9. The molecule has 0 unspecified atom stereocenters. The summed E-state index contributed by atoms with van der Waals surface area (Å²) in [5.74, 6) is 0.00931. The fourth-order valence-corrected chi connectivity index (χ4v) is 1.73. The zero-order valence-corrected chi connectivity index (χ0v) is 12.0. The van der Waals surface area contributed by atoms with Gasteiger partial charge in [0.05, 0.1) is 11.3 Å². The van der Waals surface area contributed by atoms with E-state index in [0.29, 0.717) is 5.56 Å². The maximum absolute atomic E-state index is 12.2. The molecular weight excluding hydrogens is 270 g/mol. The minimum Gasteiger partial charge on any atom is -0.336 e. The minimum atomic E-state index is -0.209. The third-order valence-electron chi connectivity index (χ3n) is 2.78. The smallest absolute Gasteiger partial charge is 0.257 e. The maximum Gasteiger partial charge on any atom is 0.257 e. The van der Waals surface area contributed by atoms with Crippen LogP contribution in [0.3, 0.4) is 0 Å². The normalized spacial score (nSPS) is 11.6. The molecule has 0 saturated heterocycles. The van der Waals surface area contributed by atoms with Crippen LogP contribution < -0.4 is 0 Å². The number of carbonyl (C=O) groups is 1. The van der Waals surface area contributed by atoms with Crippen LogP contribution in [-0.2, 0) is 7.05 Å². The van der Waals surface area contributed by atoms with E-state index in [9.17, 15) is 4.79 Å². The zero-order chi connectivity index (χ0) is 12.5. The molecular formula is C11H18BrN3O.